The van der Waals surface area contributed by atoms with E-state index in [4.69, 9.17) is 11.6 Å². The van der Waals surface area contributed by atoms with Crippen LogP contribution in [-0.2, 0) is 10.0 Å². The number of aryl methyl sites for hydroxylation is 1. The molecule has 0 unspecified atom stereocenters. The van der Waals surface area contributed by atoms with Crippen molar-refractivity contribution in [2.24, 2.45) is 5.92 Å². The van der Waals surface area contributed by atoms with Gasteiger partial charge in [0.15, 0.2) is 8.68 Å². The number of nitrogens with zero attached hydrogens (tertiary/aromatic N) is 1. The molecule has 17 heavy (non-hydrogen) atoms. The molecule has 1 fully saturated rings. The van der Waals surface area contributed by atoms with Gasteiger partial charge < -0.3 is 0 Å². The minimum atomic E-state index is -3.43. The van der Waals surface area contributed by atoms with E-state index in [1.807, 2.05) is 0 Å². The van der Waals surface area contributed by atoms with Crippen LogP contribution >= 0.6 is 22.9 Å². The topological polar surface area (TPSA) is 59.1 Å². The number of hydrogen-bond acceptors (Lipinski definition) is 4. The van der Waals surface area contributed by atoms with Crippen molar-refractivity contribution in [3.8, 4) is 0 Å². The van der Waals surface area contributed by atoms with Gasteiger partial charge in [0.1, 0.15) is 0 Å². The third-order valence-corrected chi connectivity index (χ3v) is 6.08. The molecule has 0 amide bonds. The zero-order valence-corrected chi connectivity index (χ0v) is 12.0. The molecule has 1 heterocycles. The summed E-state index contributed by atoms with van der Waals surface area (Å²) in [5.41, 5.74) is 0.467. The fourth-order valence-corrected chi connectivity index (χ4v) is 4.52. The smallest absolute Gasteiger partial charge is 0.229 e. The molecule has 1 aliphatic carbocycles. The average molecular weight is 295 g/mol. The highest BCUT2D eigenvalue weighted by Crippen LogP contribution is 2.33. The fraction of sp³-hybridized carbons (Fsp3) is 0.700. The third kappa shape index (κ3) is 3.64. The Kier molecular flexibility index (Phi) is 4.07. The molecule has 0 spiro atoms. The van der Waals surface area contributed by atoms with Crippen LogP contribution in [0.25, 0.3) is 0 Å². The first-order chi connectivity index (χ1) is 7.99. The molecule has 0 aliphatic heterocycles. The highest BCUT2D eigenvalue weighted by Gasteiger charge is 2.23. The summed E-state index contributed by atoms with van der Waals surface area (Å²) in [6.07, 6.45) is 4.62. The van der Waals surface area contributed by atoms with Gasteiger partial charge in [-0.15, -0.1) is 0 Å². The van der Waals surface area contributed by atoms with Crippen molar-refractivity contribution < 1.29 is 8.42 Å². The summed E-state index contributed by atoms with van der Waals surface area (Å²) in [6, 6.07) is 0. The predicted octanol–water partition coefficient (Wildman–Crippen LogP) is 2.57. The van der Waals surface area contributed by atoms with Gasteiger partial charge in [-0.2, -0.15) is 0 Å². The van der Waals surface area contributed by atoms with Gasteiger partial charge in [-0.1, -0.05) is 35.8 Å². The Bertz CT molecular complexity index is 494. The van der Waals surface area contributed by atoms with Gasteiger partial charge in [-0.25, -0.2) is 18.1 Å². The van der Waals surface area contributed by atoms with E-state index in [-0.39, 0.29) is 8.68 Å². The van der Waals surface area contributed by atoms with E-state index in [2.05, 4.69) is 9.71 Å². The largest absolute Gasteiger partial charge is 0.251 e. The average Bonchev–Trinajstić information content (AvgIpc) is 2.99. The van der Waals surface area contributed by atoms with Gasteiger partial charge in [0.05, 0.1) is 5.69 Å². The molecule has 0 atom stereocenters. The van der Waals surface area contributed by atoms with Crippen LogP contribution < -0.4 is 4.72 Å². The second kappa shape index (κ2) is 5.22. The lowest BCUT2D eigenvalue weighted by Gasteiger charge is -2.04. The lowest BCUT2D eigenvalue weighted by Crippen LogP contribution is -2.24. The van der Waals surface area contributed by atoms with Crippen molar-refractivity contribution in [1.29, 1.82) is 0 Å². The number of nitrogens with one attached hydrogen (secondary N) is 1. The van der Waals surface area contributed by atoms with E-state index in [1.54, 1.807) is 6.92 Å². The zero-order chi connectivity index (χ0) is 12.5. The quantitative estimate of drug-likeness (QED) is 0.820. The van der Waals surface area contributed by atoms with Crippen LogP contribution in [0, 0.1) is 12.8 Å². The van der Waals surface area contributed by atoms with Crippen molar-refractivity contribution in [2.75, 3.05) is 6.54 Å². The molecule has 1 aromatic rings. The molecule has 7 heteroatoms. The number of hydrogen-bond donors (Lipinski definition) is 1. The van der Waals surface area contributed by atoms with Gasteiger partial charge in [-0.3, -0.25) is 0 Å². The Hall–Kier alpha value is -0.170. The van der Waals surface area contributed by atoms with Crippen LogP contribution in [0.3, 0.4) is 0 Å². The fourth-order valence-electron chi connectivity index (χ4n) is 1.67. The number of thiazole rings is 1. The van der Waals surface area contributed by atoms with Crippen LogP contribution in [0.1, 0.15) is 31.4 Å². The standard InChI is InChI=1S/C10H15ClN2O2S2/c1-7-9(16-10(11)13-7)17(14,15)12-6-2-3-8-4-5-8/h8,12H,2-6H2,1H3. The van der Waals surface area contributed by atoms with E-state index in [1.165, 1.54) is 12.8 Å². The van der Waals surface area contributed by atoms with E-state index < -0.39 is 10.0 Å². The van der Waals surface area contributed by atoms with Crippen molar-refractivity contribution in [1.82, 2.24) is 9.71 Å². The first kappa shape index (κ1) is 13.3. The summed E-state index contributed by atoms with van der Waals surface area (Å²) in [4.78, 5) is 3.91. The van der Waals surface area contributed by atoms with E-state index in [0.29, 0.717) is 12.2 Å². The minimum Gasteiger partial charge on any atom is -0.229 e. The van der Waals surface area contributed by atoms with Crippen molar-refractivity contribution >= 4 is 33.0 Å². The molecule has 0 saturated heterocycles. The van der Waals surface area contributed by atoms with E-state index >= 15 is 0 Å². The Labute approximate surface area is 110 Å². The molecular weight excluding hydrogens is 280 g/mol. The molecule has 96 valence electrons. The minimum absolute atomic E-state index is 0.230. The molecule has 0 aromatic carbocycles. The first-order valence-corrected chi connectivity index (χ1v) is 8.29. The van der Waals surface area contributed by atoms with E-state index in [0.717, 1.165) is 30.1 Å². The summed E-state index contributed by atoms with van der Waals surface area (Å²) >= 11 is 6.70. The van der Waals surface area contributed by atoms with Crippen LogP contribution in [0.5, 0.6) is 0 Å². The molecule has 4 nitrogen and oxygen atoms in total. The molecule has 1 saturated carbocycles. The van der Waals surface area contributed by atoms with E-state index in [9.17, 15) is 8.42 Å². The number of halogens is 1. The van der Waals surface area contributed by atoms with Gasteiger partial charge in [0, 0.05) is 6.54 Å². The Morgan fingerprint density at radius 1 is 1.53 bits per heavy atom. The van der Waals surface area contributed by atoms with Crippen LogP contribution in [0.4, 0.5) is 0 Å². The van der Waals surface area contributed by atoms with Crippen molar-refractivity contribution in [3.63, 3.8) is 0 Å². The number of aromatic nitrogens is 1. The summed E-state index contributed by atoms with van der Waals surface area (Å²) in [6.45, 7) is 2.15. The summed E-state index contributed by atoms with van der Waals surface area (Å²) in [7, 11) is -3.43. The summed E-state index contributed by atoms with van der Waals surface area (Å²) < 4.78 is 26.9. The monoisotopic (exact) mass is 294 g/mol. The Morgan fingerprint density at radius 3 is 2.76 bits per heavy atom. The van der Waals surface area contributed by atoms with Gasteiger partial charge >= 0.3 is 0 Å². The lowest BCUT2D eigenvalue weighted by molar-refractivity contribution is 0.574. The second-order valence-corrected chi connectivity index (χ2v) is 7.87. The molecular formula is C10H15ClN2O2S2. The van der Waals surface area contributed by atoms with Gasteiger partial charge in [-0.05, 0) is 25.7 Å². The molecule has 0 bridgehead atoms. The second-order valence-electron chi connectivity index (χ2n) is 4.32. The maximum absolute atomic E-state index is 11.9. The maximum Gasteiger partial charge on any atom is 0.251 e. The maximum atomic E-state index is 11.9. The van der Waals surface area contributed by atoms with Gasteiger partial charge in [0.2, 0.25) is 0 Å². The van der Waals surface area contributed by atoms with Gasteiger partial charge in [0.25, 0.3) is 10.0 Å². The van der Waals surface area contributed by atoms with Crippen LogP contribution in [-0.4, -0.2) is 19.9 Å². The zero-order valence-electron chi connectivity index (χ0n) is 9.57. The highest BCUT2D eigenvalue weighted by molar-refractivity contribution is 7.91. The van der Waals surface area contributed by atoms with Crippen LogP contribution in [0.15, 0.2) is 4.21 Å². The molecule has 1 N–H and O–H groups in total. The molecule has 1 aliphatic rings. The summed E-state index contributed by atoms with van der Waals surface area (Å²) in [5.74, 6) is 0.832. The predicted molar refractivity (Wildman–Crippen MR) is 69.0 cm³/mol. The Morgan fingerprint density at radius 2 is 2.24 bits per heavy atom. The van der Waals surface area contributed by atoms with Crippen LogP contribution in [0.2, 0.25) is 4.47 Å². The molecule has 2 rings (SSSR count). The summed E-state index contributed by atoms with van der Waals surface area (Å²) in [5, 5.41) is 0. The highest BCUT2D eigenvalue weighted by atomic mass is 35.5. The third-order valence-electron chi connectivity index (χ3n) is 2.75. The first-order valence-electron chi connectivity index (χ1n) is 5.61. The lowest BCUT2D eigenvalue weighted by atomic mass is 10.2. The number of rotatable bonds is 6. The van der Waals surface area contributed by atoms with Crippen molar-refractivity contribution in [2.45, 2.75) is 36.8 Å². The molecule has 0 radical (unpaired) electrons. The normalized spacial score (nSPS) is 16.4. The SMILES string of the molecule is Cc1nc(Cl)sc1S(=O)(=O)NCCCC1CC1. The Balaban J connectivity index is 1.90. The van der Waals surface area contributed by atoms with Crippen molar-refractivity contribution in [3.05, 3.63) is 10.2 Å². The number of sulfonamides is 1. The molecule has 1 aromatic heterocycles.